The van der Waals surface area contributed by atoms with E-state index in [4.69, 9.17) is 14.6 Å². The van der Waals surface area contributed by atoms with E-state index >= 15 is 0 Å². The molecule has 1 N–H and O–H groups in total. The molecule has 0 heterocycles. The maximum absolute atomic E-state index is 13.2. The first-order valence-electron chi connectivity index (χ1n) is 5.80. The lowest BCUT2D eigenvalue weighted by molar-refractivity contribution is -0.151. The summed E-state index contributed by atoms with van der Waals surface area (Å²) in [6.45, 7) is 2.41. The van der Waals surface area contributed by atoms with Crippen LogP contribution in [0.15, 0.2) is 24.3 Å². The molecule has 0 aliphatic carbocycles. The van der Waals surface area contributed by atoms with Crippen LogP contribution in [0.4, 0.5) is 4.39 Å². The van der Waals surface area contributed by atoms with Gasteiger partial charge in [0.05, 0.1) is 13.2 Å². The van der Waals surface area contributed by atoms with Crippen molar-refractivity contribution in [3.05, 3.63) is 35.6 Å². The Kier molecular flexibility index (Phi) is 6.32. The monoisotopic (exact) mass is 256 g/mol. The summed E-state index contributed by atoms with van der Waals surface area (Å²) in [6, 6.07) is 6.32. The van der Waals surface area contributed by atoms with Gasteiger partial charge in [-0.2, -0.15) is 0 Å². The minimum Gasteiger partial charge on any atom is -0.479 e. The first-order chi connectivity index (χ1) is 8.65. The lowest BCUT2D eigenvalue weighted by Gasteiger charge is -2.12. The summed E-state index contributed by atoms with van der Waals surface area (Å²) in [5.41, 5.74) is 0.459. The molecule has 1 unspecified atom stereocenters. The molecule has 0 fully saturated rings. The van der Waals surface area contributed by atoms with Crippen molar-refractivity contribution in [2.75, 3.05) is 13.2 Å². The number of carboxylic acids is 1. The number of hydrogen-bond donors (Lipinski definition) is 1. The molecule has 0 spiro atoms. The fourth-order valence-electron chi connectivity index (χ4n) is 1.47. The van der Waals surface area contributed by atoms with Crippen LogP contribution in [0.1, 0.15) is 18.9 Å². The number of carboxylic acid groups (broad SMARTS) is 1. The van der Waals surface area contributed by atoms with Crippen molar-refractivity contribution in [3.8, 4) is 0 Å². The van der Waals surface area contributed by atoms with Gasteiger partial charge in [-0.25, -0.2) is 9.18 Å². The van der Waals surface area contributed by atoms with Crippen LogP contribution in [0.3, 0.4) is 0 Å². The maximum atomic E-state index is 13.2. The second-order valence-electron chi connectivity index (χ2n) is 3.71. The summed E-state index contributed by atoms with van der Waals surface area (Å²) in [6.07, 6.45) is -0.618. The van der Waals surface area contributed by atoms with E-state index < -0.39 is 12.1 Å². The van der Waals surface area contributed by atoms with E-state index in [1.165, 1.54) is 6.07 Å². The smallest absolute Gasteiger partial charge is 0.332 e. The molecule has 1 atom stereocenters. The Labute approximate surface area is 105 Å². The van der Waals surface area contributed by atoms with Gasteiger partial charge in [0.1, 0.15) is 5.82 Å². The Morgan fingerprint density at radius 1 is 1.44 bits per heavy atom. The van der Waals surface area contributed by atoms with Gasteiger partial charge in [0, 0.05) is 18.6 Å². The molecule has 0 saturated heterocycles. The molecule has 0 bridgehead atoms. The molecule has 1 aromatic rings. The number of rotatable bonds is 8. The average Bonchev–Trinajstić information content (AvgIpc) is 2.35. The van der Waals surface area contributed by atoms with Crippen molar-refractivity contribution in [1.82, 2.24) is 0 Å². The van der Waals surface area contributed by atoms with Gasteiger partial charge in [0.2, 0.25) is 0 Å². The lowest BCUT2D eigenvalue weighted by Crippen LogP contribution is -2.25. The molecule has 4 nitrogen and oxygen atoms in total. The van der Waals surface area contributed by atoms with E-state index in [9.17, 15) is 9.18 Å². The molecule has 0 aliphatic heterocycles. The number of halogens is 1. The van der Waals surface area contributed by atoms with Crippen LogP contribution >= 0.6 is 0 Å². The highest BCUT2D eigenvalue weighted by molar-refractivity contribution is 5.72. The van der Waals surface area contributed by atoms with Crippen LogP contribution in [0, 0.1) is 5.82 Å². The Balaban J connectivity index is 2.30. The number of benzene rings is 1. The zero-order chi connectivity index (χ0) is 13.4. The van der Waals surface area contributed by atoms with Crippen LogP contribution in [0.25, 0.3) is 0 Å². The van der Waals surface area contributed by atoms with Crippen molar-refractivity contribution >= 4 is 5.97 Å². The highest BCUT2D eigenvalue weighted by atomic mass is 19.1. The number of ether oxygens (including phenoxy) is 2. The van der Waals surface area contributed by atoms with Gasteiger partial charge in [0.15, 0.2) is 6.10 Å². The highest BCUT2D eigenvalue weighted by Gasteiger charge is 2.16. The fourth-order valence-corrected chi connectivity index (χ4v) is 1.47. The normalized spacial score (nSPS) is 12.3. The van der Waals surface area contributed by atoms with E-state index in [1.807, 2.05) is 0 Å². The summed E-state index contributed by atoms with van der Waals surface area (Å²) in [7, 11) is 0. The molecule has 5 heteroatoms. The highest BCUT2D eigenvalue weighted by Crippen LogP contribution is 2.08. The summed E-state index contributed by atoms with van der Waals surface area (Å²) < 4.78 is 23.5. The topological polar surface area (TPSA) is 55.8 Å². The van der Waals surface area contributed by atoms with Crippen LogP contribution in [0.5, 0.6) is 0 Å². The summed E-state index contributed by atoms with van der Waals surface area (Å²) in [4.78, 5) is 10.8. The predicted molar refractivity (Wildman–Crippen MR) is 63.7 cm³/mol. The fraction of sp³-hybridized carbons (Fsp3) is 0.462. The molecular formula is C13H17FO4. The minimum absolute atomic E-state index is 0.130. The molecule has 0 saturated carbocycles. The van der Waals surface area contributed by atoms with E-state index in [0.29, 0.717) is 12.2 Å². The first kappa shape index (κ1) is 14.6. The van der Waals surface area contributed by atoms with Gasteiger partial charge in [-0.15, -0.1) is 0 Å². The average molecular weight is 256 g/mol. The molecule has 1 aromatic carbocycles. The van der Waals surface area contributed by atoms with E-state index in [1.54, 1.807) is 25.1 Å². The van der Waals surface area contributed by atoms with E-state index in [2.05, 4.69) is 0 Å². The Morgan fingerprint density at radius 2 is 2.17 bits per heavy atom. The third-order valence-electron chi connectivity index (χ3n) is 2.38. The molecular weight excluding hydrogens is 239 g/mol. The SMILES string of the molecule is CCOC(CCOCc1ccccc1F)C(=O)O. The molecule has 0 radical (unpaired) electrons. The molecule has 100 valence electrons. The van der Waals surface area contributed by atoms with Gasteiger partial charge < -0.3 is 14.6 Å². The van der Waals surface area contributed by atoms with Crippen molar-refractivity contribution in [1.29, 1.82) is 0 Å². The van der Waals surface area contributed by atoms with Gasteiger partial charge in [-0.1, -0.05) is 18.2 Å². The van der Waals surface area contributed by atoms with Crippen LogP contribution < -0.4 is 0 Å². The van der Waals surface area contributed by atoms with Gasteiger partial charge in [0.25, 0.3) is 0 Å². The zero-order valence-corrected chi connectivity index (χ0v) is 10.3. The maximum Gasteiger partial charge on any atom is 0.332 e. The van der Waals surface area contributed by atoms with Crippen molar-refractivity contribution in [2.24, 2.45) is 0 Å². The second kappa shape index (κ2) is 7.79. The molecule has 18 heavy (non-hydrogen) atoms. The van der Waals surface area contributed by atoms with Gasteiger partial charge in [-0.05, 0) is 13.0 Å². The summed E-state index contributed by atoms with van der Waals surface area (Å²) in [5, 5.41) is 8.82. The Bertz CT molecular complexity index is 381. The van der Waals surface area contributed by atoms with Crippen molar-refractivity contribution in [2.45, 2.75) is 26.1 Å². The van der Waals surface area contributed by atoms with E-state index in [0.717, 1.165) is 0 Å². The minimum atomic E-state index is -1.01. The molecule has 0 aliphatic rings. The molecule has 0 aromatic heterocycles. The van der Waals surface area contributed by atoms with Crippen LogP contribution in [-0.2, 0) is 20.9 Å². The van der Waals surface area contributed by atoms with Crippen LogP contribution in [-0.4, -0.2) is 30.4 Å². The van der Waals surface area contributed by atoms with Crippen LogP contribution in [0.2, 0.25) is 0 Å². The first-order valence-corrected chi connectivity index (χ1v) is 5.80. The summed E-state index contributed by atoms with van der Waals surface area (Å²) >= 11 is 0. The second-order valence-corrected chi connectivity index (χ2v) is 3.71. The standard InChI is InChI=1S/C13H17FO4/c1-2-18-12(13(15)16)7-8-17-9-10-5-3-4-6-11(10)14/h3-6,12H,2,7-9H2,1H3,(H,15,16). The zero-order valence-electron chi connectivity index (χ0n) is 10.3. The third kappa shape index (κ3) is 4.81. The van der Waals surface area contributed by atoms with E-state index in [-0.39, 0.29) is 25.5 Å². The molecule has 0 amide bonds. The predicted octanol–water partition coefficient (Wildman–Crippen LogP) is 2.22. The van der Waals surface area contributed by atoms with Gasteiger partial charge in [-0.3, -0.25) is 0 Å². The third-order valence-corrected chi connectivity index (χ3v) is 2.38. The quantitative estimate of drug-likeness (QED) is 0.725. The Hall–Kier alpha value is -1.46. The lowest BCUT2D eigenvalue weighted by atomic mass is 10.2. The number of hydrogen-bond acceptors (Lipinski definition) is 3. The number of aliphatic carboxylic acids is 1. The van der Waals surface area contributed by atoms with Crippen molar-refractivity contribution < 1.29 is 23.8 Å². The Morgan fingerprint density at radius 3 is 2.78 bits per heavy atom. The largest absolute Gasteiger partial charge is 0.479 e. The van der Waals surface area contributed by atoms with Crippen molar-refractivity contribution in [3.63, 3.8) is 0 Å². The number of carbonyl (C=O) groups is 1. The molecule has 1 rings (SSSR count). The van der Waals surface area contributed by atoms with Gasteiger partial charge >= 0.3 is 5.97 Å². The summed E-state index contributed by atoms with van der Waals surface area (Å²) in [5.74, 6) is -1.33.